The Bertz CT molecular complexity index is 1250. The van der Waals surface area contributed by atoms with E-state index in [-0.39, 0.29) is 17.1 Å². The lowest BCUT2D eigenvalue weighted by atomic mass is 9.98. The first-order chi connectivity index (χ1) is 15.6. The van der Waals surface area contributed by atoms with Gasteiger partial charge in [-0.3, -0.25) is 4.79 Å². The predicted molar refractivity (Wildman–Crippen MR) is 128 cm³/mol. The maximum absolute atomic E-state index is 13.3. The molecule has 0 aliphatic carbocycles. The summed E-state index contributed by atoms with van der Waals surface area (Å²) in [5.41, 5.74) is 3.75. The standard InChI is InChI=1S/C25H17ClFN3OS/c26-19-10-8-18(9-11-19)22-15-21(17-4-2-1-3-5-17)29-30(22)24-23(32-25(31)28-24)14-16-6-12-20(27)13-7-16/h1-14,22H,15H2/b23-14-. The Labute approximate surface area is 194 Å². The third kappa shape index (κ3) is 4.24. The van der Waals surface area contributed by atoms with E-state index >= 15 is 0 Å². The number of nitrogens with zero attached hydrogens (tertiary/aromatic N) is 3. The third-order valence-electron chi connectivity index (χ3n) is 5.27. The van der Waals surface area contributed by atoms with Crippen molar-refractivity contribution in [2.45, 2.75) is 12.5 Å². The first-order valence-electron chi connectivity index (χ1n) is 10.0. The minimum absolute atomic E-state index is 0.135. The summed E-state index contributed by atoms with van der Waals surface area (Å²) in [5.74, 6) is 0.186. The first-order valence-corrected chi connectivity index (χ1v) is 11.2. The Hall–Kier alpha value is -3.22. The summed E-state index contributed by atoms with van der Waals surface area (Å²) in [4.78, 5) is 17.2. The summed E-state index contributed by atoms with van der Waals surface area (Å²) in [6.07, 6.45) is 2.50. The number of rotatable bonds is 3. The van der Waals surface area contributed by atoms with Crippen molar-refractivity contribution in [3.05, 3.63) is 111 Å². The second-order valence-corrected chi connectivity index (χ2v) is 8.82. The molecule has 0 bridgehead atoms. The molecule has 0 saturated carbocycles. The topological polar surface area (TPSA) is 45.0 Å². The average molecular weight is 462 g/mol. The fourth-order valence-electron chi connectivity index (χ4n) is 3.73. The summed E-state index contributed by atoms with van der Waals surface area (Å²) in [6.45, 7) is 0. The minimum atomic E-state index is -0.310. The van der Waals surface area contributed by atoms with Crippen LogP contribution in [0.1, 0.15) is 29.2 Å². The highest BCUT2D eigenvalue weighted by Gasteiger charge is 2.36. The Kier molecular flexibility index (Phi) is 5.64. The zero-order valence-corrected chi connectivity index (χ0v) is 18.4. The van der Waals surface area contributed by atoms with Crippen molar-refractivity contribution >= 4 is 46.2 Å². The second-order valence-electron chi connectivity index (χ2n) is 7.39. The minimum Gasteiger partial charge on any atom is -0.259 e. The lowest BCUT2D eigenvalue weighted by Crippen LogP contribution is -2.26. The van der Waals surface area contributed by atoms with E-state index in [2.05, 4.69) is 4.99 Å². The van der Waals surface area contributed by atoms with E-state index in [9.17, 15) is 9.18 Å². The number of hydrogen-bond donors (Lipinski definition) is 0. The first kappa shape index (κ1) is 20.7. The van der Waals surface area contributed by atoms with E-state index < -0.39 is 0 Å². The van der Waals surface area contributed by atoms with Gasteiger partial charge in [-0.2, -0.15) is 10.1 Å². The van der Waals surface area contributed by atoms with Crippen LogP contribution in [0, 0.1) is 5.82 Å². The van der Waals surface area contributed by atoms with Crippen molar-refractivity contribution in [3.8, 4) is 0 Å². The molecule has 0 spiro atoms. The summed E-state index contributed by atoms with van der Waals surface area (Å²) in [6, 6.07) is 23.6. The monoisotopic (exact) mass is 461 g/mol. The molecule has 32 heavy (non-hydrogen) atoms. The van der Waals surface area contributed by atoms with Crippen LogP contribution >= 0.6 is 23.4 Å². The molecule has 0 aromatic heterocycles. The number of halogens is 2. The van der Waals surface area contributed by atoms with Crippen molar-refractivity contribution in [2.24, 2.45) is 10.1 Å². The highest BCUT2D eigenvalue weighted by atomic mass is 35.5. The van der Waals surface area contributed by atoms with Crippen molar-refractivity contribution in [1.82, 2.24) is 5.01 Å². The SMILES string of the molecule is O=C1N=C(N2N=C(c3ccccc3)CC2c2ccc(Cl)cc2)/C(=C/c2ccc(F)cc2)S1. The molecule has 3 aromatic carbocycles. The van der Waals surface area contributed by atoms with Crippen LogP contribution in [0.2, 0.25) is 5.02 Å². The number of amides is 1. The van der Waals surface area contributed by atoms with E-state index in [0.717, 1.165) is 34.2 Å². The normalized spacial score (nSPS) is 19.4. The number of thioether (sulfide) groups is 1. The molecule has 1 atom stereocenters. The maximum atomic E-state index is 13.3. The van der Waals surface area contributed by atoms with Crippen LogP contribution in [-0.4, -0.2) is 21.8 Å². The van der Waals surface area contributed by atoms with Gasteiger partial charge in [0, 0.05) is 11.4 Å². The number of benzene rings is 3. The number of amidine groups is 1. The quantitative estimate of drug-likeness (QED) is 0.424. The van der Waals surface area contributed by atoms with Gasteiger partial charge in [-0.1, -0.05) is 66.2 Å². The zero-order chi connectivity index (χ0) is 22.1. The number of hydrazone groups is 1. The molecule has 0 fully saturated rings. The molecule has 2 aliphatic heterocycles. The molecule has 158 valence electrons. The van der Waals surface area contributed by atoms with Gasteiger partial charge in [0.1, 0.15) is 5.82 Å². The number of aliphatic imine (C=N–C) groups is 1. The molecule has 7 heteroatoms. The molecule has 5 rings (SSSR count). The van der Waals surface area contributed by atoms with E-state index in [1.54, 1.807) is 12.1 Å². The van der Waals surface area contributed by atoms with Crippen LogP contribution in [0.4, 0.5) is 9.18 Å². The van der Waals surface area contributed by atoms with Crippen LogP contribution in [0.3, 0.4) is 0 Å². The van der Waals surface area contributed by atoms with E-state index in [1.165, 1.54) is 12.1 Å². The molecule has 3 aromatic rings. The number of carbonyl (C=O) groups excluding carboxylic acids is 1. The van der Waals surface area contributed by atoms with Gasteiger partial charge in [0.05, 0.1) is 16.7 Å². The smallest absolute Gasteiger partial charge is 0.259 e. The van der Waals surface area contributed by atoms with E-state index in [0.29, 0.717) is 22.2 Å². The summed E-state index contributed by atoms with van der Waals surface area (Å²) in [7, 11) is 0. The average Bonchev–Trinajstić information content (AvgIpc) is 3.40. The van der Waals surface area contributed by atoms with Gasteiger partial charge in [-0.05, 0) is 58.8 Å². The van der Waals surface area contributed by atoms with E-state index in [4.69, 9.17) is 16.7 Å². The van der Waals surface area contributed by atoms with Crippen molar-refractivity contribution in [2.75, 3.05) is 0 Å². The zero-order valence-electron chi connectivity index (χ0n) is 16.8. The predicted octanol–water partition coefficient (Wildman–Crippen LogP) is 6.94. The number of hydrogen-bond acceptors (Lipinski definition) is 4. The summed E-state index contributed by atoms with van der Waals surface area (Å²) >= 11 is 7.15. The maximum Gasteiger partial charge on any atom is 0.311 e. The van der Waals surface area contributed by atoms with Crippen molar-refractivity contribution < 1.29 is 9.18 Å². The Balaban J connectivity index is 1.56. The van der Waals surface area contributed by atoms with Crippen LogP contribution in [0.25, 0.3) is 6.08 Å². The second kappa shape index (κ2) is 8.73. The molecule has 1 unspecified atom stereocenters. The van der Waals surface area contributed by atoms with Crippen LogP contribution in [0.15, 0.2) is 93.9 Å². The van der Waals surface area contributed by atoms with Gasteiger partial charge in [0.2, 0.25) is 0 Å². The van der Waals surface area contributed by atoms with E-state index in [1.807, 2.05) is 65.7 Å². The molecule has 0 radical (unpaired) electrons. The van der Waals surface area contributed by atoms with Crippen LogP contribution in [0.5, 0.6) is 0 Å². The molecule has 2 aliphatic rings. The third-order valence-corrected chi connectivity index (χ3v) is 6.31. The number of carbonyl (C=O) groups is 1. The largest absolute Gasteiger partial charge is 0.311 e. The fourth-order valence-corrected chi connectivity index (χ4v) is 4.60. The lowest BCUT2D eigenvalue weighted by molar-refractivity contribution is 0.267. The van der Waals surface area contributed by atoms with Gasteiger partial charge >= 0.3 is 5.24 Å². The Morgan fingerprint density at radius 3 is 2.44 bits per heavy atom. The van der Waals surface area contributed by atoms with Gasteiger partial charge in [0.15, 0.2) is 5.84 Å². The van der Waals surface area contributed by atoms with Gasteiger partial charge in [0.25, 0.3) is 0 Å². The molecule has 2 heterocycles. The molecule has 0 saturated heterocycles. The molecule has 1 amide bonds. The van der Waals surface area contributed by atoms with Gasteiger partial charge in [-0.25, -0.2) is 9.40 Å². The lowest BCUT2D eigenvalue weighted by Gasteiger charge is -2.24. The van der Waals surface area contributed by atoms with Crippen LogP contribution < -0.4 is 0 Å². The Morgan fingerprint density at radius 2 is 1.72 bits per heavy atom. The van der Waals surface area contributed by atoms with Gasteiger partial charge in [-0.15, -0.1) is 0 Å². The summed E-state index contributed by atoms with van der Waals surface area (Å²) in [5, 5.41) is 7.06. The van der Waals surface area contributed by atoms with Crippen molar-refractivity contribution in [3.63, 3.8) is 0 Å². The molecule has 0 N–H and O–H groups in total. The highest BCUT2D eigenvalue weighted by molar-refractivity contribution is 8.18. The molecular weight excluding hydrogens is 445 g/mol. The van der Waals surface area contributed by atoms with Crippen molar-refractivity contribution in [1.29, 1.82) is 0 Å². The van der Waals surface area contributed by atoms with Crippen LogP contribution in [-0.2, 0) is 0 Å². The fraction of sp³-hybridized carbons (Fsp3) is 0.0800. The molecule has 4 nitrogen and oxygen atoms in total. The Morgan fingerprint density at radius 1 is 1.00 bits per heavy atom. The van der Waals surface area contributed by atoms with Gasteiger partial charge < -0.3 is 0 Å². The highest BCUT2D eigenvalue weighted by Crippen LogP contribution is 2.39. The summed E-state index contributed by atoms with van der Waals surface area (Å²) < 4.78 is 13.3. The molecular formula is C25H17ClFN3OS.